The number of rotatable bonds is 2. The topological polar surface area (TPSA) is 58.0 Å². The third kappa shape index (κ3) is 3.12. The van der Waals surface area contributed by atoms with E-state index in [1.807, 2.05) is 6.20 Å². The summed E-state index contributed by atoms with van der Waals surface area (Å²) in [6.45, 7) is 10.3. The molecule has 1 aliphatic heterocycles. The van der Waals surface area contributed by atoms with Crippen LogP contribution in [0, 0.1) is 0 Å². The van der Waals surface area contributed by atoms with Crippen molar-refractivity contribution in [3.8, 4) is 0 Å². The highest BCUT2D eigenvalue weighted by molar-refractivity contribution is 7.15. The van der Waals surface area contributed by atoms with Crippen molar-refractivity contribution in [1.82, 2.24) is 20.2 Å². The first kappa shape index (κ1) is 14.2. The molecule has 0 bridgehead atoms. The van der Waals surface area contributed by atoms with E-state index in [0.717, 1.165) is 42.1 Å². The van der Waals surface area contributed by atoms with Gasteiger partial charge in [-0.05, 0) is 0 Å². The molecule has 2 aromatic rings. The maximum atomic E-state index is 4.36. The molecule has 0 unspecified atom stereocenters. The largest absolute Gasteiger partial charge is 0.352 e. The molecule has 0 radical (unpaired) electrons. The number of aromatic nitrogens is 4. The van der Waals surface area contributed by atoms with Crippen molar-refractivity contribution < 1.29 is 0 Å². The third-order valence-electron chi connectivity index (χ3n) is 3.48. The van der Waals surface area contributed by atoms with E-state index in [9.17, 15) is 0 Å². The fourth-order valence-electron chi connectivity index (χ4n) is 2.23. The summed E-state index contributed by atoms with van der Waals surface area (Å²) in [4.78, 5) is 13.0. The first-order valence-corrected chi connectivity index (χ1v) is 7.95. The Labute approximate surface area is 128 Å². The second kappa shape index (κ2) is 5.55. The number of piperazine rings is 1. The molecular weight excluding hydrogens is 284 g/mol. The molecule has 0 saturated carbocycles. The van der Waals surface area contributed by atoms with E-state index in [1.54, 1.807) is 23.7 Å². The Kier molecular flexibility index (Phi) is 3.75. The summed E-state index contributed by atoms with van der Waals surface area (Å²) in [5.41, 5.74) is 0.0668. The van der Waals surface area contributed by atoms with E-state index >= 15 is 0 Å². The molecule has 0 amide bonds. The van der Waals surface area contributed by atoms with Gasteiger partial charge in [-0.3, -0.25) is 4.98 Å². The highest BCUT2D eigenvalue weighted by Gasteiger charge is 2.24. The number of anilines is 2. The van der Waals surface area contributed by atoms with Gasteiger partial charge in [-0.15, -0.1) is 10.2 Å². The van der Waals surface area contributed by atoms with Gasteiger partial charge in [0.05, 0.1) is 6.20 Å². The number of hydrogen-bond donors (Lipinski definition) is 0. The van der Waals surface area contributed by atoms with E-state index in [-0.39, 0.29) is 5.41 Å². The molecular formula is C14H20N6S. The molecule has 7 heteroatoms. The van der Waals surface area contributed by atoms with Gasteiger partial charge in [-0.25, -0.2) is 4.98 Å². The Morgan fingerprint density at radius 1 is 1.00 bits per heavy atom. The van der Waals surface area contributed by atoms with Crippen molar-refractivity contribution in [2.24, 2.45) is 0 Å². The van der Waals surface area contributed by atoms with Crippen molar-refractivity contribution >= 4 is 22.3 Å². The lowest BCUT2D eigenvalue weighted by atomic mass is 9.98. The first-order chi connectivity index (χ1) is 10.0. The van der Waals surface area contributed by atoms with Gasteiger partial charge in [0, 0.05) is 44.0 Å². The third-order valence-corrected chi connectivity index (χ3v) is 4.89. The molecule has 112 valence electrons. The molecule has 0 aliphatic carbocycles. The van der Waals surface area contributed by atoms with Crippen LogP contribution in [0.2, 0.25) is 0 Å². The van der Waals surface area contributed by atoms with Gasteiger partial charge in [0.25, 0.3) is 0 Å². The fraction of sp³-hybridized carbons (Fsp3) is 0.571. The quantitative estimate of drug-likeness (QED) is 0.845. The van der Waals surface area contributed by atoms with Crippen LogP contribution in [0.5, 0.6) is 0 Å². The summed E-state index contributed by atoms with van der Waals surface area (Å²) in [6, 6.07) is 0. The summed E-state index contributed by atoms with van der Waals surface area (Å²) >= 11 is 1.70. The molecule has 3 rings (SSSR count). The Bertz CT molecular complexity index is 583. The molecule has 0 spiro atoms. The zero-order valence-corrected chi connectivity index (χ0v) is 13.5. The zero-order valence-electron chi connectivity index (χ0n) is 12.7. The maximum absolute atomic E-state index is 4.36. The molecule has 1 fully saturated rings. The molecule has 0 N–H and O–H groups in total. The van der Waals surface area contributed by atoms with Gasteiger partial charge in [-0.2, -0.15) is 0 Å². The fourth-order valence-corrected chi connectivity index (χ4v) is 3.18. The van der Waals surface area contributed by atoms with Crippen LogP contribution in [0.25, 0.3) is 0 Å². The van der Waals surface area contributed by atoms with Crippen LogP contribution >= 0.6 is 11.3 Å². The molecule has 21 heavy (non-hydrogen) atoms. The smallest absolute Gasteiger partial charge is 0.208 e. The van der Waals surface area contributed by atoms with Crippen molar-refractivity contribution in [2.75, 3.05) is 36.0 Å². The highest BCUT2D eigenvalue weighted by Crippen LogP contribution is 2.30. The molecule has 0 atom stereocenters. The Morgan fingerprint density at radius 3 is 2.29 bits per heavy atom. The summed E-state index contributed by atoms with van der Waals surface area (Å²) in [5.74, 6) is 0.949. The van der Waals surface area contributed by atoms with Crippen LogP contribution in [-0.4, -0.2) is 46.3 Å². The summed E-state index contributed by atoms with van der Waals surface area (Å²) in [6.07, 6.45) is 5.26. The van der Waals surface area contributed by atoms with Crippen molar-refractivity contribution in [2.45, 2.75) is 26.2 Å². The van der Waals surface area contributed by atoms with Gasteiger partial charge in [-0.1, -0.05) is 32.1 Å². The lowest BCUT2D eigenvalue weighted by Gasteiger charge is -2.34. The second-order valence-corrected chi connectivity index (χ2v) is 7.13. The monoisotopic (exact) mass is 304 g/mol. The predicted octanol–water partition coefficient (Wildman–Crippen LogP) is 1.95. The standard InChI is InChI=1S/C14H20N6S/c1-14(2,3)12-17-18-13(21-12)20-8-6-19(7-9-20)11-10-15-4-5-16-11/h4-5,10H,6-9H2,1-3H3. The summed E-state index contributed by atoms with van der Waals surface area (Å²) in [5, 5.41) is 10.8. The van der Waals surface area contributed by atoms with Gasteiger partial charge in [0.1, 0.15) is 10.8 Å². The van der Waals surface area contributed by atoms with Gasteiger partial charge in [0.15, 0.2) is 0 Å². The van der Waals surface area contributed by atoms with Crippen LogP contribution in [0.15, 0.2) is 18.6 Å². The van der Waals surface area contributed by atoms with Crippen LogP contribution in [0.3, 0.4) is 0 Å². The molecule has 1 saturated heterocycles. The molecule has 6 nitrogen and oxygen atoms in total. The van der Waals surface area contributed by atoms with Gasteiger partial charge in [0.2, 0.25) is 5.13 Å². The molecule has 3 heterocycles. The molecule has 0 aromatic carbocycles. The average molecular weight is 304 g/mol. The van der Waals surface area contributed by atoms with E-state index in [1.165, 1.54) is 0 Å². The predicted molar refractivity (Wildman–Crippen MR) is 85.1 cm³/mol. The zero-order chi connectivity index (χ0) is 14.9. The van der Waals surface area contributed by atoms with Crippen molar-refractivity contribution in [3.05, 3.63) is 23.6 Å². The van der Waals surface area contributed by atoms with Gasteiger partial charge < -0.3 is 9.80 Å². The minimum atomic E-state index is 0.0668. The molecule has 1 aliphatic rings. The van der Waals surface area contributed by atoms with Crippen molar-refractivity contribution in [1.29, 1.82) is 0 Å². The maximum Gasteiger partial charge on any atom is 0.208 e. The number of nitrogens with zero attached hydrogens (tertiary/aromatic N) is 6. The summed E-state index contributed by atoms with van der Waals surface area (Å²) in [7, 11) is 0. The minimum absolute atomic E-state index is 0.0668. The second-order valence-electron chi connectivity index (χ2n) is 6.18. The van der Waals surface area contributed by atoms with E-state index in [2.05, 4.69) is 50.7 Å². The van der Waals surface area contributed by atoms with E-state index in [0.29, 0.717) is 0 Å². The van der Waals surface area contributed by atoms with Crippen LogP contribution in [0.1, 0.15) is 25.8 Å². The normalized spacial score (nSPS) is 16.3. The van der Waals surface area contributed by atoms with Crippen LogP contribution in [-0.2, 0) is 5.41 Å². The number of hydrogen-bond acceptors (Lipinski definition) is 7. The highest BCUT2D eigenvalue weighted by atomic mass is 32.1. The average Bonchev–Trinajstić information content (AvgIpc) is 2.98. The Hall–Kier alpha value is -1.76. The van der Waals surface area contributed by atoms with E-state index < -0.39 is 0 Å². The molecule has 2 aromatic heterocycles. The minimum Gasteiger partial charge on any atom is -0.352 e. The van der Waals surface area contributed by atoms with E-state index in [4.69, 9.17) is 0 Å². The lowest BCUT2D eigenvalue weighted by molar-refractivity contribution is 0.577. The van der Waals surface area contributed by atoms with Gasteiger partial charge >= 0.3 is 0 Å². The van der Waals surface area contributed by atoms with Crippen LogP contribution < -0.4 is 9.80 Å². The van der Waals surface area contributed by atoms with Crippen molar-refractivity contribution in [3.63, 3.8) is 0 Å². The first-order valence-electron chi connectivity index (χ1n) is 7.14. The lowest BCUT2D eigenvalue weighted by Crippen LogP contribution is -2.46. The SMILES string of the molecule is CC(C)(C)c1nnc(N2CCN(c3cnccn3)CC2)s1. The van der Waals surface area contributed by atoms with Crippen LogP contribution in [0.4, 0.5) is 10.9 Å². The Morgan fingerprint density at radius 2 is 1.71 bits per heavy atom. The summed E-state index contributed by atoms with van der Waals surface area (Å²) < 4.78 is 0. The Balaban J connectivity index is 1.65.